The van der Waals surface area contributed by atoms with Crippen molar-refractivity contribution in [2.45, 2.75) is 0 Å². The molecule has 3 nitrogen and oxygen atoms in total. The molecule has 0 saturated carbocycles. The standard InChI is InChI=1S/C16H10N2OS/c1-2-4-11(5-3-1)14-9-17-16(19-14)12-6-7-13-15(8-12)20-10-18-13/h1-10H. The van der Waals surface area contributed by atoms with Gasteiger partial charge >= 0.3 is 0 Å². The number of oxazole rings is 1. The molecule has 0 saturated heterocycles. The van der Waals surface area contributed by atoms with Crippen LogP contribution in [0.4, 0.5) is 0 Å². The number of fused-ring (bicyclic) bond motifs is 1. The maximum absolute atomic E-state index is 5.85. The van der Waals surface area contributed by atoms with E-state index in [-0.39, 0.29) is 0 Å². The summed E-state index contributed by atoms with van der Waals surface area (Å²) in [6, 6.07) is 16.0. The smallest absolute Gasteiger partial charge is 0.226 e. The fourth-order valence-electron chi connectivity index (χ4n) is 2.13. The van der Waals surface area contributed by atoms with E-state index in [1.54, 1.807) is 17.5 Å². The van der Waals surface area contributed by atoms with Crippen molar-refractivity contribution in [3.63, 3.8) is 0 Å². The normalized spacial score (nSPS) is 11.0. The molecule has 0 amide bonds. The Hall–Kier alpha value is -2.46. The number of hydrogen-bond donors (Lipinski definition) is 0. The predicted octanol–water partition coefficient (Wildman–Crippen LogP) is 4.62. The molecule has 4 aromatic rings. The van der Waals surface area contributed by atoms with Crippen molar-refractivity contribution >= 4 is 21.6 Å². The third kappa shape index (κ3) is 1.90. The third-order valence-electron chi connectivity index (χ3n) is 3.14. The maximum atomic E-state index is 5.85. The molecule has 0 aliphatic rings. The molecule has 0 radical (unpaired) electrons. The minimum atomic E-state index is 0.638. The summed E-state index contributed by atoms with van der Waals surface area (Å²) < 4.78 is 7.00. The van der Waals surface area contributed by atoms with Gasteiger partial charge in [0.05, 0.1) is 21.9 Å². The van der Waals surface area contributed by atoms with Gasteiger partial charge in [0.1, 0.15) is 0 Å². The number of thiazole rings is 1. The van der Waals surface area contributed by atoms with Crippen LogP contribution in [-0.2, 0) is 0 Å². The molecule has 20 heavy (non-hydrogen) atoms. The molecule has 4 rings (SSSR count). The summed E-state index contributed by atoms with van der Waals surface area (Å²) in [5.41, 5.74) is 4.86. The Labute approximate surface area is 119 Å². The van der Waals surface area contributed by atoms with Crippen LogP contribution < -0.4 is 0 Å². The highest BCUT2D eigenvalue weighted by atomic mass is 32.1. The van der Waals surface area contributed by atoms with Gasteiger partial charge in [0.2, 0.25) is 5.89 Å². The zero-order chi connectivity index (χ0) is 13.4. The van der Waals surface area contributed by atoms with Gasteiger partial charge in [0.25, 0.3) is 0 Å². The van der Waals surface area contributed by atoms with E-state index in [0.717, 1.165) is 27.1 Å². The van der Waals surface area contributed by atoms with E-state index in [0.29, 0.717) is 5.89 Å². The molecule has 0 N–H and O–H groups in total. The van der Waals surface area contributed by atoms with E-state index >= 15 is 0 Å². The first-order chi connectivity index (χ1) is 9.90. The molecule has 0 aliphatic heterocycles. The second-order valence-electron chi connectivity index (χ2n) is 4.43. The highest BCUT2D eigenvalue weighted by molar-refractivity contribution is 7.16. The van der Waals surface area contributed by atoms with Crippen molar-refractivity contribution in [2.75, 3.05) is 0 Å². The summed E-state index contributed by atoms with van der Waals surface area (Å²) in [4.78, 5) is 8.65. The molecule has 0 unspecified atom stereocenters. The summed E-state index contributed by atoms with van der Waals surface area (Å²) in [7, 11) is 0. The summed E-state index contributed by atoms with van der Waals surface area (Å²) in [5, 5.41) is 0. The highest BCUT2D eigenvalue weighted by Crippen LogP contribution is 2.28. The Kier molecular flexibility index (Phi) is 2.60. The van der Waals surface area contributed by atoms with Gasteiger partial charge in [0, 0.05) is 11.1 Å². The van der Waals surface area contributed by atoms with E-state index < -0.39 is 0 Å². The van der Waals surface area contributed by atoms with Crippen molar-refractivity contribution < 1.29 is 4.42 Å². The summed E-state index contributed by atoms with van der Waals surface area (Å²) in [6.45, 7) is 0. The second kappa shape index (κ2) is 4.58. The van der Waals surface area contributed by atoms with Crippen LogP contribution in [0.1, 0.15) is 0 Å². The average molecular weight is 278 g/mol. The van der Waals surface area contributed by atoms with Crippen LogP contribution >= 0.6 is 11.3 Å². The number of nitrogens with zero attached hydrogens (tertiary/aromatic N) is 2. The quantitative estimate of drug-likeness (QED) is 0.537. The van der Waals surface area contributed by atoms with Crippen molar-refractivity contribution in [3.05, 3.63) is 60.2 Å². The minimum Gasteiger partial charge on any atom is -0.436 e. The second-order valence-corrected chi connectivity index (χ2v) is 5.32. The van der Waals surface area contributed by atoms with Gasteiger partial charge in [-0.3, -0.25) is 0 Å². The van der Waals surface area contributed by atoms with E-state index in [9.17, 15) is 0 Å². The SMILES string of the molecule is c1ccc(-c2cnc(-c3ccc4ncsc4c3)o2)cc1. The van der Waals surface area contributed by atoms with Crippen molar-refractivity contribution in [2.24, 2.45) is 0 Å². The Balaban J connectivity index is 1.77. The monoisotopic (exact) mass is 278 g/mol. The van der Waals surface area contributed by atoms with Gasteiger partial charge in [-0.2, -0.15) is 0 Å². The van der Waals surface area contributed by atoms with Gasteiger partial charge in [-0.15, -0.1) is 11.3 Å². The Bertz CT molecular complexity index is 864. The number of hydrogen-bond acceptors (Lipinski definition) is 4. The van der Waals surface area contributed by atoms with Crippen LogP contribution in [-0.4, -0.2) is 9.97 Å². The van der Waals surface area contributed by atoms with Crippen molar-refractivity contribution in [1.29, 1.82) is 0 Å². The predicted molar refractivity (Wildman–Crippen MR) is 80.6 cm³/mol. The largest absolute Gasteiger partial charge is 0.436 e. The number of rotatable bonds is 2. The first-order valence-electron chi connectivity index (χ1n) is 6.25. The molecule has 0 bridgehead atoms. The van der Waals surface area contributed by atoms with E-state index in [2.05, 4.69) is 16.0 Å². The molecular formula is C16H10N2OS. The van der Waals surface area contributed by atoms with Crippen LogP contribution in [0.2, 0.25) is 0 Å². The summed E-state index contributed by atoms with van der Waals surface area (Å²) >= 11 is 1.62. The minimum absolute atomic E-state index is 0.638. The van der Waals surface area contributed by atoms with Crippen LogP contribution in [0.15, 0.2) is 64.7 Å². The van der Waals surface area contributed by atoms with Crippen LogP contribution in [0.25, 0.3) is 33.0 Å². The molecule has 0 aliphatic carbocycles. The van der Waals surface area contributed by atoms with Crippen LogP contribution in [0.5, 0.6) is 0 Å². The lowest BCUT2D eigenvalue weighted by molar-refractivity contribution is 0.589. The van der Waals surface area contributed by atoms with Crippen LogP contribution in [0.3, 0.4) is 0 Å². The van der Waals surface area contributed by atoms with Gasteiger partial charge in [-0.25, -0.2) is 9.97 Å². The molecule has 4 heteroatoms. The lowest BCUT2D eigenvalue weighted by Crippen LogP contribution is -1.76. The molecule has 96 valence electrons. The van der Waals surface area contributed by atoms with Gasteiger partial charge in [-0.1, -0.05) is 30.3 Å². The van der Waals surface area contributed by atoms with Gasteiger partial charge < -0.3 is 4.42 Å². The van der Waals surface area contributed by atoms with Gasteiger partial charge in [-0.05, 0) is 18.2 Å². The third-order valence-corrected chi connectivity index (χ3v) is 3.93. The lowest BCUT2D eigenvalue weighted by atomic mass is 10.2. The first kappa shape index (κ1) is 11.4. The Morgan fingerprint density at radius 1 is 0.900 bits per heavy atom. The summed E-state index contributed by atoms with van der Waals surface area (Å²) in [6.07, 6.45) is 1.77. The first-order valence-corrected chi connectivity index (χ1v) is 7.13. The average Bonchev–Trinajstić information content (AvgIpc) is 3.16. The van der Waals surface area contributed by atoms with Crippen LogP contribution in [0, 0.1) is 0 Å². The fraction of sp³-hybridized carbons (Fsp3) is 0. The fourth-order valence-corrected chi connectivity index (χ4v) is 2.85. The van der Waals surface area contributed by atoms with Gasteiger partial charge in [0.15, 0.2) is 5.76 Å². The Morgan fingerprint density at radius 2 is 1.80 bits per heavy atom. The topological polar surface area (TPSA) is 38.9 Å². The van der Waals surface area contributed by atoms with Crippen molar-refractivity contribution in [3.8, 4) is 22.8 Å². The molecule has 0 atom stereocenters. The lowest BCUT2D eigenvalue weighted by Gasteiger charge is -1.96. The number of aromatic nitrogens is 2. The zero-order valence-electron chi connectivity index (χ0n) is 10.5. The molecule has 2 aromatic heterocycles. The van der Waals surface area contributed by atoms with E-state index in [1.165, 1.54) is 0 Å². The molecule has 0 spiro atoms. The van der Waals surface area contributed by atoms with Crippen molar-refractivity contribution in [1.82, 2.24) is 9.97 Å². The zero-order valence-corrected chi connectivity index (χ0v) is 11.3. The van der Waals surface area contributed by atoms with E-state index in [1.807, 2.05) is 48.0 Å². The maximum Gasteiger partial charge on any atom is 0.226 e. The Morgan fingerprint density at radius 3 is 2.70 bits per heavy atom. The summed E-state index contributed by atoms with van der Waals surface area (Å²) in [5.74, 6) is 1.42. The molecule has 2 heterocycles. The van der Waals surface area contributed by atoms with E-state index in [4.69, 9.17) is 4.42 Å². The molecular weight excluding hydrogens is 268 g/mol. The molecule has 2 aromatic carbocycles. The number of benzene rings is 2. The highest BCUT2D eigenvalue weighted by Gasteiger charge is 2.09. The molecule has 0 fully saturated rings.